The first-order chi connectivity index (χ1) is 3.72. The molecular formula is C4H10N2OSe. The third-order valence-corrected chi connectivity index (χ3v) is 2.36. The number of nitrogens with zero attached hydrogens (tertiary/aromatic N) is 1. The van der Waals surface area contributed by atoms with Gasteiger partial charge in [0.05, 0.1) is 0 Å². The number of hydrogen-bond donors (Lipinski definition) is 1. The molecule has 0 rings (SSSR count). The molecule has 0 aromatic carbocycles. The van der Waals surface area contributed by atoms with Gasteiger partial charge in [-0.2, -0.15) is 0 Å². The van der Waals surface area contributed by atoms with E-state index in [-0.39, 0.29) is 21.1 Å². The summed E-state index contributed by atoms with van der Waals surface area (Å²) in [6.07, 6.45) is 0. The molecule has 0 fully saturated rings. The molecule has 0 aliphatic carbocycles. The molecular weight excluding hydrogens is 171 g/mol. The molecule has 3 nitrogen and oxygen atoms in total. The molecule has 0 aromatic rings. The van der Waals surface area contributed by atoms with Crippen LogP contribution in [0.3, 0.4) is 0 Å². The van der Waals surface area contributed by atoms with Gasteiger partial charge >= 0.3 is 55.1 Å². The van der Waals surface area contributed by atoms with Crippen LogP contribution in [0.25, 0.3) is 0 Å². The van der Waals surface area contributed by atoms with Gasteiger partial charge in [-0.3, -0.25) is 0 Å². The van der Waals surface area contributed by atoms with Gasteiger partial charge in [-0.1, -0.05) is 0 Å². The average molecular weight is 181 g/mol. The van der Waals surface area contributed by atoms with Crippen LogP contribution in [0.5, 0.6) is 0 Å². The Morgan fingerprint density at radius 2 is 2.25 bits per heavy atom. The molecule has 0 saturated heterocycles. The van der Waals surface area contributed by atoms with Crippen LogP contribution < -0.4 is 5.43 Å². The van der Waals surface area contributed by atoms with Gasteiger partial charge in [0, 0.05) is 0 Å². The second-order valence-corrected chi connectivity index (χ2v) is 2.75. The molecule has 0 atom stereocenters. The van der Waals surface area contributed by atoms with Crippen LogP contribution in [0, 0.1) is 0 Å². The molecule has 8 heavy (non-hydrogen) atoms. The summed E-state index contributed by atoms with van der Waals surface area (Å²) in [7, 11) is 1.74. The molecule has 0 aromatic heterocycles. The van der Waals surface area contributed by atoms with E-state index >= 15 is 0 Å². The van der Waals surface area contributed by atoms with Gasteiger partial charge in [-0.15, -0.1) is 0 Å². The Balaban J connectivity index is 3.52. The van der Waals surface area contributed by atoms with E-state index < -0.39 is 0 Å². The minimum absolute atomic E-state index is 0.0787. The molecule has 48 valence electrons. The van der Waals surface area contributed by atoms with E-state index in [2.05, 4.69) is 5.43 Å². The fourth-order valence-electron chi connectivity index (χ4n) is 0.377. The summed E-state index contributed by atoms with van der Waals surface area (Å²) in [5.74, 6) is 2.06. The van der Waals surface area contributed by atoms with E-state index in [4.69, 9.17) is 0 Å². The van der Waals surface area contributed by atoms with E-state index in [1.54, 1.807) is 18.0 Å². The Morgan fingerprint density at radius 1 is 1.75 bits per heavy atom. The van der Waals surface area contributed by atoms with E-state index in [1.807, 2.05) is 5.82 Å². The summed E-state index contributed by atoms with van der Waals surface area (Å²) in [6, 6.07) is 0. The van der Waals surface area contributed by atoms with Crippen molar-refractivity contribution in [1.29, 1.82) is 0 Å². The van der Waals surface area contributed by atoms with Gasteiger partial charge in [0.15, 0.2) is 0 Å². The number of amides is 1. The number of carbonyl (C=O) groups is 1. The van der Waals surface area contributed by atoms with Crippen LogP contribution in [0.15, 0.2) is 0 Å². The zero-order valence-corrected chi connectivity index (χ0v) is 6.98. The zero-order valence-electron chi connectivity index (χ0n) is 5.26. The molecule has 0 bridgehead atoms. The van der Waals surface area contributed by atoms with Crippen molar-refractivity contribution in [2.45, 2.75) is 12.7 Å². The first-order valence-electron chi connectivity index (χ1n) is 2.24. The Morgan fingerprint density at radius 3 is 2.25 bits per heavy atom. The summed E-state index contributed by atoms with van der Waals surface area (Å²) in [5.41, 5.74) is 2.76. The zero-order chi connectivity index (χ0) is 6.57. The van der Waals surface area contributed by atoms with Gasteiger partial charge in [0.1, 0.15) is 0 Å². The van der Waals surface area contributed by atoms with Crippen molar-refractivity contribution in [2.75, 3.05) is 7.05 Å². The molecule has 1 amide bonds. The standard InChI is InChI=1S/C4H10N2OSe/c1-4(7)6(5-2)8-3/h5H,1-3H3. The summed E-state index contributed by atoms with van der Waals surface area (Å²) in [6.45, 7) is 1.54. The van der Waals surface area contributed by atoms with Crippen molar-refractivity contribution < 1.29 is 4.79 Å². The summed E-state index contributed by atoms with van der Waals surface area (Å²) >= 11 is 0.237. The Labute approximate surface area is 55.8 Å². The van der Waals surface area contributed by atoms with Crippen LogP contribution in [0.2, 0.25) is 5.82 Å². The quantitative estimate of drug-likeness (QED) is 0.466. The first kappa shape index (κ1) is 7.95. The van der Waals surface area contributed by atoms with Crippen molar-refractivity contribution in [1.82, 2.24) is 9.45 Å². The molecule has 0 aliphatic heterocycles. The molecule has 4 heteroatoms. The van der Waals surface area contributed by atoms with Crippen molar-refractivity contribution >= 4 is 21.1 Å². The number of hydrazine groups is 1. The van der Waals surface area contributed by atoms with E-state index in [9.17, 15) is 4.79 Å². The summed E-state index contributed by atoms with van der Waals surface area (Å²) in [5, 5.41) is 0. The van der Waals surface area contributed by atoms with Gasteiger partial charge in [0.25, 0.3) is 0 Å². The molecule has 0 heterocycles. The predicted octanol–water partition coefficient (Wildman–Crippen LogP) is -0.363. The third-order valence-electron chi connectivity index (χ3n) is 0.672. The maximum absolute atomic E-state index is 10.5. The molecule has 0 aliphatic rings. The minimum atomic E-state index is 0.0787. The second kappa shape index (κ2) is 3.89. The Bertz CT molecular complexity index is 82.1. The van der Waals surface area contributed by atoms with Gasteiger partial charge in [-0.25, -0.2) is 0 Å². The Kier molecular flexibility index (Phi) is 3.87. The molecule has 0 spiro atoms. The fraction of sp³-hybridized carbons (Fsp3) is 0.750. The first-order valence-corrected chi connectivity index (χ1v) is 4.72. The SMILES string of the molecule is CNN([Se]C)C(C)=O. The number of nitrogens with one attached hydrogen (secondary N) is 1. The van der Waals surface area contributed by atoms with Gasteiger partial charge < -0.3 is 0 Å². The molecule has 1 N–H and O–H groups in total. The van der Waals surface area contributed by atoms with E-state index in [1.165, 1.54) is 0 Å². The van der Waals surface area contributed by atoms with Crippen LogP contribution in [0.1, 0.15) is 6.92 Å². The van der Waals surface area contributed by atoms with Crippen molar-refractivity contribution in [3.05, 3.63) is 0 Å². The second-order valence-electron chi connectivity index (χ2n) is 1.22. The number of rotatable bonds is 2. The van der Waals surface area contributed by atoms with Crippen molar-refractivity contribution in [3.8, 4) is 0 Å². The van der Waals surface area contributed by atoms with Crippen molar-refractivity contribution in [2.24, 2.45) is 0 Å². The average Bonchev–Trinajstić information content (AvgIpc) is 1.69. The maximum atomic E-state index is 10.5. The topological polar surface area (TPSA) is 32.3 Å². The van der Waals surface area contributed by atoms with Crippen molar-refractivity contribution in [3.63, 3.8) is 0 Å². The van der Waals surface area contributed by atoms with Gasteiger partial charge in [-0.05, 0) is 0 Å². The number of hydrogen-bond acceptors (Lipinski definition) is 2. The monoisotopic (exact) mass is 182 g/mol. The molecule has 0 radical (unpaired) electrons. The molecule has 0 unspecified atom stereocenters. The Hall–Kier alpha value is -0.0505. The van der Waals surface area contributed by atoms with Crippen LogP contribution in [0.4, 0.5) is 0 Å². The fourth-order valence-corrected chi connectivity index (χ4v) is 1.30. The third kappa shape index (κ3) is 2.31. The van der Waals surface area contributed by atoms with E-state index in [0.29, 0.717) is 0 Å². The molecule has 0 saturated carbocycles. The van der Waals surface area contributed by atoms with Crippen LogP contribution in [-0.4, -0.2) is 32.2 Å². The van der Waals surface area contributed by atoms with Crippen LogP contribution in [-0.2, 0) is 4.79 Å². The van der Waals surface area contributed by atoms with E-state index in [0.717, 1.165) is 0 Å². The normalized spacial score (nSPS) is 8.88. The predicted molar refractivity (Wildman–Crippen MR) is 33.2 cm³/mol. The number of carbonyl (C=O) groups excluding carboxylic acids is 1. The van der Waals surface area contributed by atoms with Gasteiger partial charge in [0.2, 0.25) is 0 Å². The summed E-state index contributed by atoms with van der Waals surface area (Å²) < 4.78 is 1.59. The summed E-state index contributed by atoms with van der Waals surface area (Å²) in [4.78, 5) is 10.5. The van der Waals surface area contributed by atoms with Crippen LogP contribution >= 0.6 is 0 Å².